The Balaban J connectivity index is 1.87. The van der Waals surface area contributed by atoms with E-state index in [9.17, 15) is 28.0 Å². The van der Waals surface area contributed by atoms with E-state index >= 15 is 0 Å². The lowest BCUT2D eigenvalue weighted by molar-refractivity contribution is 0.443. The molecule has 37 heavy (non-hydrogen) atoms. The van der Waals surface area contributed by atoms with Crippen LogP contribution in [0.15, 0.2) is 80.3 Å². The van der Waals surface area contributed by atoms with Crippen molar-refractivity contribution in [3.63, 3.8) is 0 Å². The number of hydrogen-bond donors (Lipinski definition) is 0. The zero-order chi connectivity index (χ0) is 26.3. The minimum absolute atomic E-state index is 0.0374. The van der Waals surface area contributed by atoms with E-state index in [4.69, 9.17) is 11.6 Å². The minimum atomic E-state index is -1.65. The number of hydrogen-bond acceptors (Lipinski definition) is 6. The van der Waals surface area contributed by atoms with E-state index in [0.717, 1.165) is 31.4 Å². The lowest BCUT2D eigenvalue weighted by Crippen LogP contribution is -2.40. The molecule has 2 aromatic carbocycles. The molecule has 3 heterocycles. The Labute approximate surface area is 219 Å². The van der Waals surface area contributed by atoms with Crippen LogP contribution < -0.4 is 11.2 Å². The summed E-state index contributed by atoms with van der Waals surface area (Å²) in [5.74, 6) is -4.52. The second-order valence-electron chi connectivity index (χ2n) is 7.66. The monoisotopic (exact) mass is 556 g/mol. The van der Waals surface area contributed by atoms with Crippen molar-refractivity contribution in [2.75, 3.05) is 0 Å². The maximum Gasteiger partial charge on any atom is 0.337 e. The molecule has 0 saturated carbocycles. The number of nitrogens with zero attached hydrogens (tertiary/aromatic N) is 4. The van der Waals surface area contributed by atoms with Gasteiger partial charge in [-0.1, -0.05) is 41.6 Å². The van der Waals surface area contributed by atoms with Crippen LogP contribution in [0.4, 0.5) is 13.2 Å². The molecular weight excluding hydrogens is 545 g/mol. The van der Waals surface area contributed by atoms with Crippen molar-refractivity contribution in [3.8, 4) is 22.3 Å². The molecule has 5 aromatic rings. The summed E-state index contributed by atoms with van der Waals surface area (Å²) in [6.45, 7) is -0.434. The first-order valence-electron chi connectivity index (χ1n) is 10.5. The highest BCUT2D eigenvalue weighted by molar-refractivity contribution is 7.99. The highest BCUT2D eigenvalue weighted by Gasteiger charge is 2.25. The van der Waals surface area contributed by atoms with Crippen LogP contribution in [0.25, 0.3) is 26.3 Å². The fraction of sp³-hybridized carbons (Fsp3) is 0.0400. The lowest BCUT2D eigenvalue weighted by atomic mass is 10.2. The SMILES string of the molecule is N#CCn1c(-c2cc3ccccc3s2)c(Sc2cc(F)c(F)c(F)c2)c(=O)n(-c2cncc(Cl)c2)c1=O. The maximum atomic E-state index is 14.0. The molecule has 0 N–H and O–H groups in total. The van der Waals surface area contributed by atoms with Gasteiger partial charge in [0, 0.05) is 15.8 Å². The Morgan fingerprint density at radius 1 is 1.05 bits per heavy atom. The molecule has 0 radical (unpaired) electrons. The van der Waals surface area contributed by atoms with Crippen LogP contribution in [-0.4, -0.2) is 14.1 Å². The van der Waals surface area contributed by atoms with Gasteiger partial charge in [0.15, 0.2) is 17.5 Å². The second-order valence-corrected chi connectivity index (χ2v) is 10.3. The lowest BCUT2D eigenvalue weighted by Gasteiger charge is -2.17. The van der Waals surface area contributed by atoms with Gasteiger partial charge >= 0.3 is 5.69 Å². The van der Waals surface area contributed by atoms with Gasteiger partial charge < -0.3 is 0 Å². The van der Waals surface area contributed by atoms with Gasteiger partial charge in [0.05, 0.1) is 33.5 Å². The van der Waals surface area contributed by atoms with E-state index in [1.165, 1.54) is 29.8 Å². The van der Waals surface area contributed by atoms with Crippen LogP contribution in [-0.2, 0) is 6.54 Å². The molecule has 184 valence electrons. The van der Waals surface area contributed by atoms with Gasteiger partial charge in [-0.15, -0.1) is 11.3 Å². The summed E-state index contributed by atoms with van der Waals surface area (Å²) in [5.41, 5.74) is -1.52. The third-order valence-corrected chi connectivity index (χ3v) is 7.69. The number of benzene rings is 2. The summed E-state index contributed by atoms with van der Waals surface area (Å²) in [6, 6.07) is 13.9. The molecule has 0 aliphatic heterocycles. The molecular formula is C25H12ClF3N4O2S2. The van der Waals surface area contributed by atoms with Gasteiger partial charge in [-0.25, -0.2) is 22.5 Å². The van der Waals surface area contributed by atoms with E-state index in [2.05, 4.69) is 4.98 Å². The number of pyridine rings is 1. The van der Waals surface area contributed by atoms with Gasteiger partial charge in [0.2, 0.25) is 0 Å². The largest absolute Gasteiger partial charge is 0.337 e. The third kappa shape index (κ3) is 4.55. The first-order chi connectivity index (χ1) is 17.8. The van der Waals surface area contributed by atoms with E-state index in [1.54, 1.807) is 6.07 Å². The van der Waals surface area contributed by atoms with E-state index in [0.29, 0.717) is 16.6 Å². The molecule has 0 aliphatic rings. The Hall–Kier alpha value is -3.85. The summed E-state index contributed by atoms with van der Waals surface area (Å²) >= 11 is 7.95. The number of thiophene rings is 1. The number of halogens is 4. The summed E-state index contributed by atoms with van der Waals surface area (Å²) in [6.07, 6.45) is 2.56. The molecule has 12 heteroatoms. The number of fused-ring (bicyclic) bond motifs is 1. The fourth-order valence-electron chi connectivity index (χ4n) is 3.74. The van der Waals surface area contributed by atoms with Gasteiger partial charge in [0.1, 0.15) is 11.4 Å². The molecule has 3 aromatic heterocycles. The molecule has 0 fully saturated rings. The van der Waals surface area contributed by atoms with E-state index in [-0.39, 0.29) is 26.2 Å². The summed E-state index contributed by atoms with van der Waals surface area (Å²) < 4.78 is 44.4. The molecule has 6 nitrogen and oxygen atoms in total. The summed E-state index contributed by atoms with van der Waals surface area (Å²) in [7, 11) is 0. The Morgan fingerprint density at radius 3 is 2.46 bits per heavy atom. The molecule has 5 rings (SSSR count). The van der Waals surface area contributed by atoms with Crippen molar-refractivity contribution in [1.82, 2.24) is 14.1 Å². The van der Waals surface area contributed by atoms with Crippen molar-refractivity contribution in [3.05, 3.63) is 104 Å². The van der Waals surface area contributed by atoms with Crippen LogP contribution in [0.3, 0.4) is 0 Å². The van der Waals surface area contributed by atoms with Crippen LogP contribution in [0.5, 0.6) is 0 Å². The van der Waals surface area contributed by atoms with Crippen LogP contribution in [0.2, 0.25) is 5.02 Å². The minimum Gasteiger partial charge on any atom is -0.277 e. The van der Waals surface area contributed by atoms with Gasteiger partial charge in [0.25, 0.3) is 5.56 Å². The zero-order valence-electron chi connectivity index (χ0n) is 18.4. The van der Waals surface area contributed by atoms with Crippen molar-refractivity contribution in [2.45, 2.75) is 16.3 Å². The summed E-state index contributed by atoms with van der Waals surface area (Å²) in [5, 5.41) is 10.5. The quantitative estimate of drug-likeness (QED) is 0.247. The van der Waals surface area contributed by atoms with Gasteiger partial charge in [-0.3, -0.25) is 14.3 Å². The van der Waals surface area contributed by atoms with E-state index in [1.807, 2.05) is 30.3 Å². The smallest absolute Gasteiger partial charge is 0.277 e. The summed E-state index contributed by atoms with van der Waals surface area (Å²) in [4.78, 5) is 31.6. The van der Waals surface area contributed by atoms with Crippen molar-refractivity contribution < 1.29 is 13.2 Å². The highest BCUT2D eigenvalue weighted by atomic mass is 35.5. The van der Waals surface area contributed by atoms with Gasteiger partial charge in [-0.05, 0) is 35.7 Å². The average Bonchev–Trinajstić information content (AvgIpc) is 3.29. The second kappa shape index (κ2) is 9.89. The maximum absolute atomic E-state index is 14.0. The number of rotatable bonds is 5. The average molecular weight is 557 g/mol. The third-order valence-electron chi connectivity index (χ3n) is 5.32. The predicted octanol–water partition coefficient (Wildman–Crippen LogP) is 6.02. The predicted molar refractivity (Wildman–Crippen MR) is 136 cm³/mol. The molecule has 0 unspecified atom stereocenters. The van der Waals surface area contributed by atoms with Crippen LogP contribution >= 0.6 is 34.7 Å². The first kappa shape index (κ1) is 24.8. The molecule has 0 aliphatic carbocycles. The number of nitriles is 1. The van der Waals surface area contributed by atoms with Crippen molar-refractivity contribution >= 4 is 44.8 Å². The van der Waals surface area contributed by atoms with Crippen molar-refractivity contribution in [1.29, 1.82) is 5.26 Å². The highest BCUT2D eigenvalue weighted by Crippen LogP contribution is 2.39. The molecule has 0 saturated heterocycles. The molecule has 0 bridgehead atoms. The van der Waals surface area contributed by atoms with Gasteiger partial charge in [-0.2, -0.15) is 5.26 Å². The normalized spacial score (nSPS) is 11.1. The topological polar surface area (TPSA) is 80.7 Å². The van der Waals surface area contributed by atoms with Crippen LogP contribution in [0, 0.1) is 28.8 Å². The molecule has 0 amide bonds. The first-order valence-corrected chi connectivity index (χ1v) is 12.5. The standard InChI is InChI=1S/C25H12ClF3N4O2S2/c26-14-8-15(12-31-11-14)33-24(34)23(36-16-9-17(27)21(29)18(28)10-16)22(32(6-5-30)25(33)35)20-7-13-3-1-2-4-19(13)37-20/h1-4,7-12H,6H2. The molecule has 0 atom stereocenters. The Kier molecular flexibility index (Phi) is 6.64. The van der Waals surface area contributed by atoms with Crippen LogP contribution in [0.1, 0.15) is 0 Å². The van der Waals surface area contributed by atoms with E-state index < -0.39 is 35.2 Å². The fourth-order valence-corrected chi connectivity index (χ4v) is 6.15. The molecule has 0 spiro atoms. The Morgan fingerprint density at radius 2 is 1.78 bits per heavy atom. The van der Waals surface area contributed by atoms with Crippen molar-refractivity contribution in [2.24, 2.45) is 0 Å². The Bertz CT molecular complexity index is 1800. The zero-order valence-corrected chi connectivity index (χ0v) is 20.8. The number of aromatic nitrogens is 3.